The summed E-state index contributed by atoms with van der Waals surface area (Å²) in [6.45, 7) is 1.42. The normalized spacial score (nSPS) is 11.7. The van der Waals surface area contributed by atoms with Gasteiger partial charge in [0.05, 0.1) is 22.2 Å². The van der Waals surface area contributed by atoms with Crippen molar-refractivity contribution in [2.45, 2.75) is 19.4 Å². The lowest BCUT2D eigenvalue weighted by molar-refractivity contribution is -0.152. The number of amides is 1. The molecule has 2 rings (SSSR count). The topological polar surface area (TPSA) is 55.4 Å². The lowest BCUT2D eigenvalue weighted by Gasteiger charge is -2.15. The predicted molar refractivity (Wildman–Crippen MR) is 90.7 cm³/mol. The summed E-state index contributed by atoms with van der Waals surface area (Å²) < 4.78 is 18.1. The molecule has 0 aromatic heterocycles. The highest BCUT2D eigenvalue weighted by Gasteiger charge is 2.20. The van der Waals surface area contributed by atoms with Crippen LogP contribution in [0.15, 0.2) is 42.5 Å². The zero-order chi connectivity index (χ0) is 17.7. The van der Waals surface area contributed by atoms with E-state index < -0.39 is 23.8 Å². The van der Waals surface area contributed by atoms with Gasteiger partial charge in [0.1, 0.15) is 5.82 Å². The molecule has 0 aliphatic heterocycles. The Kier molecular flexibility index (Phi) is 6.17. The van der Waals surface area contributed by atoms with Gasteiger partial charge in [0.15, 0.2) is 6.10 Å². The van der Waals surface area contributed by atoms with E-state index in [1.807, 2.05) is 0 Å². The van der Waals surface area contributed by atoms with Crippen LogP contribution < -0.4 is 5.32 Å². The Morgan fingerprint density at radius 1 is 1.17 bits per heavy atom. The maximum atomic E-state index is 13.1. The SMILES string of the molecule is C[C@H](OC(=O)Cc1cccc(F)c1)C(=O)Nc1c(Cl)cccc1Cl. The first-order valence-electron chi connectivity index (χ1n) is 7.05. The lowest BCUT2D eigenvalue weighted by atomic mass is 10.1. The number of rotatable bonds is 5. The number of esters is 1. The van der Waals surface area contributed by atoms with E-state index in [9.17, 15) is 14.0 Å². The maximum Gasteiger partial charge on any atom is 0.311 e. The number of hydrogen-bond acceptors (Lipinski definition) is 3. The predicted octanol–water partition coefficient (Wildman–Crippen LogP) is 4.25. The number of carbonyl (C=O) groups excluding carboxylic acids is 2. The van der Waals surface area contributed by atoms with E-state index in [1.165, 1.54) is 25.1 Å². The molecule has 0 saturated carbocycles. The van der Waals surface area contributed by atoms with Crippen LogP contribution >= 0.6 is 23.2 Å². The molecule has 2 aromatic carbocycles. The summed E-state index contributed by atoms with van der Waals surface area (Å²) in [5, 5.41) is 3.06. The third-order valence-corrected chi connectivity index (χ3v) is 3.76. The molecule has 24 heavy (non-hydrogen) atoms. The molecule has 7 heteroatoms. The van der Waals surface area contributed by atoms with Gasteiger partial charge in [-0.2, -0.15) is 0 Å². The Balaban J connectivity index is 1.95. The summed E-state index contributed by atoms with van der Waals surface area (Å²) in [5.41, 5.74) is 0.709. The van der Waals surface area contributed by atoms with Crippen molar-refractivity contribution in [2.75, 3.05) is 5.32 Å². The van der Waals surface area contributed by atoms with Gasteiger partial charge in [-0.05, 0) is 36.8 Å². The minimum atomic E-state index is -1.06. The van der Waals surface area contributed by atoms with Crippen LogP contribution in [-0.4, -0.2) is 18.0 Å². The van der Waals surface area contributed by atoms with Crippen molar-refractivity contribution in [1.29, 1.82) is 0 Å². The molecule has 0 spiro atoms. The van der Waals surface area contributed by atoms with Gasteiger partial charge in [-0.1, -0.05) is 41.4 Å². The standard InChI is InChI=1S/C17H14Cl2FNO3/c1-10(17(23)21-16-13(18)6-3-7-14(16)19)24-15(22)9-11-4-2-5-12(20)8-11/h2-8,10H,9H2,1H3,(H,21,23)/t10-/m0/s1. The lowest BCUT2D eigenvalue weighted by Crippen LogP contribution is -2.30. The summed E-state index contributed by atoms with van der Waals surface area (Å²) in [6, 6.07) is 10.4. The Bertz CT molecular complexity index is 747. The molecule has 0 aliphatic carbocycles. The summed E-state index contributed by atoms with van der Waals surface area (Å²) in [4.78, 5) is 23.9. The number of halogens is 3. The molecule has 0 radical (unpaired) electrons. The van der Waals surface area contributed by atoms with Crippen LogP contribution in [0.1, 0.15) is 12.5 Å². The number of hydrogen-bond donors (Lipinski definition) is 1. The van der Waals surface area contributed by atoms with E-state index in [2.05, 4.69) is 5.32 Å². The van der Waals surface area contributed by atoms with Crippen LogP contribution in [0.4, 0.5) is 10.1 Å². The Morgan fingerprint density at radius 3 is 2.42 bits per heavy atom. The molecule has 0 heterocycles. The van der Waals surface area contributed by atoms with Crippen molar-refractivity contribution in [3.8, 4) is 0 Å². The van der Waals surface area contributed by atoms with Gasteiger partial charge in [0.2, 0.25) is 0 Å². The van der Waals surface area contributed by atoms with Crippen LogP contribution in [-0.2, 0) is 20.7 Å². The zero-order valence-electron chi connectivity index (χ0n) is 12.7. The molecule has 2 aromatic rings. The fourth-order valence-electron chi connectivity index (χ4n) is 1.95. The fourth-order valence-corrected chi connectivity index (χ4v) is 2.44. The monoisotopic (exact) mass is 369 g/mol. The van der Waals surface area contributed by atoms with Gasteiger partial charge < -0.3 is 10.1 Å². The summed E-state index contributed by atoms with van der Waals surface area (Å²) in [6.07, 6.45) is -1.19. The van der Waals surface area contributed by atoms with Crippen molar-refractivity contribution in [3.05, 3.63) is 63.9 Å². The number of anilines is 1. The second-order valence-corrected chi connectivity index (χ2v) is 5.84. The first-order chi connectivity index (χ1) is 11.4. The molecule has 0 fully saturated rings. The van der Waals surface area contributed by atoms with Crippen LogP contribution in [0, 0.1) is 5.82 Å². The maximum absolute atomic E-state index is 13.1. The van der Waals surface area contributed by atoms with Crippen molar-refractivity contribution >= 4 is 40.8 Å². The zero-order valence-corrected chi connectivity index (χ0v) is 14.2. The van der Waals surface area contributed by atoms with Gasteiger partial charge >= 0.3 is 5.97 Å². The second kappa shape index (κ2) is 8.13. The third-order valence-electron chi connectivity index (χ3n) is 3.13. The van der Waals surface area contributed by atoms with Crippen LogP contribution in [0.2, 0.25) is 10.0 Å². The van der Waals surface area contributed by atoms with E-state index >= 15 is 0 Å². The van der Waals surface area contributed by atoms with Crippen molar-refractivity contribution < 1.29 is 18.7 Å². The highest BCUT2D eigenvalue weighted by molar-refractivity contribution is 6.39. The average molecular weight is 370 g/mol. The summed E-state index contributed by atoms with van der Waals surface area (Å²) >= 11 is 11.9. The molecule has 0 unspecified atom stereocenters. The highest BCUT2D eigenvalue weighted by Crippen LogP contribution is 2.29. The minimum absolute atomic E-state index is 0.137. The molecule has 1 atom stereocenters. The number of nitrogens with one attached hydrogen (secondary N) is 1. The Hall–Kier alpha value is -2.11. The minimum Gasteiger partial charge on any atom is -0.452 e. The average Bonchev–Trinajstić information content (AvgIpc) is 2.50. The number of carbonyl (C=O) groups is 2. The van der Waals surface area contributed by atoms with Crippen LogP contribution in [0.3, 0.4) is 0 Å². The number of para-hydroxylation sites is 1. The molecule has 126 valence electrons. The van der Waals surface area contributed by atoms with Gasteiger partial charge in [-0.15, -0.1) is 0 Å². The van der Waals surface area contributed by atoms with Gasteiger partial charge in [0.25, 0.3) is 5.91 Å². The molecular weight excluding hydrogens is 356 g/mol. The van der Waals surface area contributed by atoms with E-state index in [-0.39, 0.29) is 22.2 Å². The Labute approximate surface area is 148 Å². The molecule has 4 nitrogen and oxygen atoms in total. The highest BCUT2D eigenvalue weighted by atomic mass is 35.5. The van der Waals surface area contributed by atoms with Gasteiger partial charge in [-0.25, -0.2) is 4.39 Å². The molecular formula is C17H14Cl2FNO3. The first kappa shape index (κ1) is 18.2. The van der Waals surface area contributed by atoms with E-state index in [4.69, 9.17) is 27.9 Å². The van der Waals surface area contributed by atoms with Gasteiger partial charge in [0, 0.05) is 0 Å². The third kappa shape index (κ3) is 4.94. The van der Waals surface area contributed by atoms with Gasteiger partial charge in [-0.3, -0.25) is 9.59 Å². The smallest absolute Gasteiger partial charge is 0.311 e. The Morgan fingerprint density at radius 2 is 1.79 bits per heavy atom. The van der Waals surface area contributed by atoms with Crippen LogP contribution in [0.5, 0.6) is 0 Å². The molecule has 1 N–H and O–H groups in total. The number of ether oxygens (including phenoxy) is 1. The summed E-state index contributed by atoms with van der Waals surface area (Å²) in [5.74, 6) is -1.66. The number of benzene rings is 2. The molecule has 1 amide bonds. The largest absolute Gasteiger partial charge is 0.452 e. The molecule has 0 aliphatic rings. The molecule has 0 bridgehead atoms. The van der Waals surface area contributed by atoms with Crippen molar-refractivity contribution in [3.63, 3.8) is 0 Å². The van der Waals surface area contributed by atoms with E-state index in [0.29, 0.717) is 5.56 Å². The fraction of sp³-hybridized carbons (Fsp3) is 0.176. The van der Waals surface area contributed by atoms with E-state index in [0.717, 1.165) is 0 Å². The first-order valence-corrected chi connectivity index (χ1v) is 7.81. The quantitative estimate of drug-likeness (QED) is 0.801. The molecule has 0 saturated heterocycles. The second-order valence-electron chi connectivity index (χ2n) is 5.02. The van der Waals surface area contributed by atoms with Crippen LogP contribution in [0.25, 0.3) is 0 Å². The van der Waals surface area contributed by atoms with Crippen molar-refractivity contribution in [2.24, 2.45) is 0 Å². The summed E-state index contributed by atoms with van der Waals surface area (Å²) in [7, 11) is 0. The van der Waals surface area contributed by atoms with E-state index in [1.54, 1.807) is 24.3 Å². The van der Waals surface area contributed by atoms with Crippen molar-refractivity contribution in [1.82, 2.24) is 0 Å².